The summed E-state index contributed by atoms with van der Waals surface area (Å²) in [4.78, 5) is 31.0. The highest BCUT2D eigenvalue weighted by molar-refractivity contribution is 7.13. The Morgan fingerprint density at radius 3 is 2.53 bits per heavy atom. The molecule has 1 saturated heterocycles. The first-order valence-corrected chi connectivity index (χ1v) is 12.0. The second-order valence-electron chi connectivity index (χ2n) is 9.41. The summed E-state index contributed by atoms with van der Waals surface area (Å²) in [6.07, 6.45) is 0.794. The fourth-order valence-corrected chi connectivity index (χ4v) is 4.42. The lowest BCUT2D eigenvalue weighted by Gasteiger charge is -2.33. The monoisotopic (exact) mass is 459 g/mol. The van der Waals surface area contributed by atoms with Crippen molar-refractivity contribution < 1.29 is 19.1 Å². The number of carbonyl (C=O) groups excluding carboxylic acids is 2. The van der Waals surface area contributed by atoms with Crippen LogP contribution >= 0.6 is 11.3 Å². The molecule has 3 rings (SSSR count). The molecule has 0 saturated carbocycles. The lowest BCUT2D eigenvalue weighted by atomic mass is 9.98. The quantitative estimate of drug-likeness (QED) is 0.582. The van der Waals surface area contributed by atoms with Crippen molar-refractivity contribution in [3.8, 4) is 10.6 Å². The van der Waals surface area contributed by atoms with Gasteiger partial charge in [0.1, 0.15) is 10.6 Å². The van der Waals surface area contributed by atoms with Crippen LogP contribution in [0, 0.1) is 5.92 Å². The molecule has 2 heterocycles. The van der Waals surface area contributed by atoms with Gasteiger partial charge in [0, 0.05) is 24.0 Å². The first-order valence-electron chi connectivity index (χ1n) is 11.1. The number of amides is 2. The summed E-state index contributed by atoms with van der Waals surface area (Å²) in [6.45, 7) is 11.3. The number of para-hydroxylation sites is 1. The number of hydrogen-bond donors (Lipinski definition) is 1. The smallest absolute Gasteiger partial charge is 0.411 e. The number of piperidine rings is 1. The van der Waals surface area contributed by atoms with Crippen molar-refractivity contribution in [2.24, 2.45) is 5.92 Å². The van der Waals surface area contributed by atoms with Crippen LogP contribution in [-0.4, -0.2) is 47.4 Å². The molecule has 8 heteroatoms. The maximum atomic E-state index is 12.4. The summed E-state index contributed by atoms with van der Waals surface area (Å²) >= 11 is 1.57. The van der Waals surface area contributed by atoms with E-state index in [1.54, 1.807) is 16.2 Å². The Kier molecular flexibility index (Phi) is 7.77. The Labute approximate surface area is 194 Å². The van der Waals surface area contributed by atoms with Gasteiger partial charge in [0.15, 0.2) is 0 Å². The van der Waals surface area contributed by atoms with Crippen molar-refractivity contribution in [3.63, 3.8) is 0 Å². The molecule has 1 aromatic heterocycles. The molecule has 174 valence electrons. The lowest BCUT2D eigenvalue weighted by Crippen LogP contribution is -2.42. The Balaban J connectivity index is 1.50. The van der Waals surface area contributed by atoms with Gasteiger partial charge in [-0.05, 0) is 57.6 Å². The van der Waals surface area contributed by atoms with Gasteiger partial charge in [0.2, 0.25) is 0 Å². The summed E-state index contributed by atoms with van der Waals surface area (Å²) in [5.41, 5.74) is 2.11. The first kappa shape index (κ1) is 24.0. The van der Waals surface area contributed by atoms with Crippen LogP contribution in [0.1, 0.15) is 59.1 Å². The van der Waals surface area contributed by atoms with E-state index < -0.39 is 11.7 Å². The van der Waals surface area contributed by atoms with E-state index >= 15 is 0 Å². The minimum Gasteiger partial charge on any atom is -0.449 e. The molecule has 1 N–H and O–H groups in total. The van der Waals surface area contributed by atoms with Gasteiger partial charge in [-0.1, -0.05) is 26.0 Å². The molecular weight excluding hydrogens is 426 g/mol. The molecule has 1 fully saturated rings. The molecule has 1 aliphatic rings. The SMILES string of the molecule is CC(C)c1csc(-c2ccccc2NC(=O)OCC2CCN(C(=O)OC(C)(C)C)CC2)n1. The van der Waals surface area contributed by atoms with Crippen LogP contribution in [0.25, 0.3) is 10.6 Å². The highest BCUT2D eigenvalue weighted by Crippen LogP contribution is 2.32. The summed E-state index contributed by atoms with van der Waals surface area (Å²) < 4.78 is 10.9. The number of anilines is 1. The van der Waals surface area contributed by atoms with Crippen LogP contribution in [0.3, 0.4) is 0 Å². The standard InChI is InChI=1S/C24H33N3O4S/c1-16(2)20-15-32-21(25-20)18-8-6-7-9-19(18)26-22(28)30-14-17-10-12-27(13-11-17)23(29)31-24(3,4)5/h6-9,15-17H,10-14H2,1-5H3,(H,26,28). The van der Waals surface area contributed by atoms with Gasteiger partial charge < -0.3 is 14.4 Å². The second kappa shape index (κ2) is 10.3. The molecule has 0 bridgehead atoms. The fraction of sp³-hybridized carbons (Fsp3) is 0.542. The molecule has 1 aliphatic heterocycles. The van der Waals surface area contributed by atoms with E-state index in [9.17, 15) is 9.59 Å². The zero-order valence-corrected chi connectivity index (χ0v) is 20.3. The van der Waals surface area contributed by atoms with Gasteiger partial charge in [-0.15, -0.1) is 11.3 Å². The third-order valence-corrected chi connectivity index (χ3v) is 6.12. The lowest BCUT2D eigenvalue weighted by molar-refractivity contribution is 0.0153. The zero-order chi connectivity index (χ0) is 23.3. The molecule has 0 atom stereocenters. The number of nitrogens with zero attached hydrogens (tertiary/aromatic N) is 2. The van der Waals surface area contributed by atoms with Gasteiger partial charge in [0.05, 0.1) is 18.0 Å². The molecule has 7 nitrogen and oxygen atoms in total. The zero-order valence-electron chi connectivity index (χ0n) is 19.5. The highest BCUT2D eigenvalue weighted by atomic mass is 32.1. The van der Waals surface area contributed by atoms with E-state index in [-0.39, 0.29) is 12.0 Å². The van der Waals surface area contributed by atoms with Crippen molar-refractivity contribution in [2.75, 3.05) is 25.0 Å². The van der Waals surface area contributed by atoms with Crippen molar-refractivity contribution in [1.82, 2.24) is 9.88 Å². The predicted octanol–water partition coefficient (Wildman–Crippen LogP) is 6.13. The Bertz CT molecular complexity index is 927. The molecule has 0 unspecified atom stereocenters. The third-order valence-electron chi connectivity index (χ3n) is 5.22. The number of rotatable bonds is 5. The molecule has 0 radical (unpaired) electrons. The Hall–Kier alpha value is -2.61. The normalized spacial score (nSPS) is 15.0. The predicted molar refractivity (Wildman–Crippen MR) is 127 cm³/mol. The molecule has 0 aliphatic carbocycles. The average molecular weight is 460 g/mol. The number of thiazole rings is 1. The first-order chi connectivity index (χ1) is 15.1. The number of ether oxygens (including phenoxy) is 2. The highest BCUT2D eigenvalue weighted by Gasteiger charge is 2.27. The molecule has 2 amide bonds. The van der Waals surface area contributed by atoms with Gasteiger partial charge in [-0.3, -0.25) is 5.32 Å². The molecule has 2 aromatic rings. The molecule has 0 spiro atoms. The minimum absolute atomic E-state index is 0.224. The van der Waals surface area contributed by atoms with Crippen LogP contribution in [0.2, 0.25) is 0 Å². The van der Waals surface area contributed by atoms with Crippen LogP contribution in [-0.2, 0) is 9.47 Å². The van der Waals surface area contributed by atoms with E-state index in [2.05, 4.69) is 24.5 Å². The Morgan fingerprint density at radius 1 is 1.22 bits per heavy atom. The number of nitrogens with one attached hydrogen (secondary N) is 1. The topological polar surface area (TPSA) is 80.8 Å². The maximum absolute atomic E-state index is 12.4. The van der Waals surface area contributed by atoms with E-state index in [1.165, 1.54) is 0 Å². The number of likely N-dealkylation sites (tertiary alicyclic amines) is 1. The second-order valence-corrected chi connectivity index (χ2v) is 10.3. The van der Waals surface area contributed by atoms with Crippen molar-refractivity contribution in [1.29, 1.82) is 0 Å². The van der Waals surface area contributed by atoms with Crippen LogP contribution in [0.15, 0.2) is 29.6 Å². The molecular formula is C24H33N3O4S. The van der Waals surface area contributed by atoms with E-state index in [4.69, 9.17) is 14.5 Å². The minimum atomic E-state index is -0.500. The maximum Gasteiger partial charge on any atom is 0.411 e. The molecule has 32 heavy (non-hydrogen) atoms. The van der Waals surface area contributed by atoms with E-state index in [0.29, 0.717) is 31.3 Å². The van der Waals surface area contributed by atoms with Crippen molar-refractivity contribution >= 4 is 29.2 Å². The van der Waals surface area contributed by atoms with E-state index in [0.717, 1.165) is 29.1 Å². The average Bonchev–Trinajstić information content (AvgIpc) is 3.22. The van der Waals surface area contributed by atoms with Gasteiger partial charge >= 0.3 is 12.2 Å². The summed E-state index contributed by atoms with van der Waals surface area (Å²) in [7, 11) is 0. The largest absolute Gasteiger partial charge is 0.449 e. The van der Waals surface area contributed by atoms with E-state index in [1.807, 2.05) is 45.0 Å². The van der Waals surface area contributed by atoms with Crippen LogP contribution < -0.4 is 5.32 Å². The van der Waals surface area contributed by atoms with Gasteiger partial charge in [-0.2, -0.15) is 0 Å². The number of aromatic nitrogens is 1. The summed E-state index contributed by atoms with van der Waals surface area (Å²) in [6, 6.07) is 7.61. The number of benzene rings is 1. The Morgan fingerprint density at radius 2 is 1.91 bits per heavy atom. The van der Waals surface area contributed by atoms with Crippen molar-refractivity contribution in [3.05, 3.63) is 35.3 Å². The summed E-state index contributed by atoms with van der Waals surface area (Å²) in [5, 5.41) is 5.79. The third kappa shape index (κ3) is 6.69. The fourth-order valence-electron chi connectivity index (χ4n) is 3.40. The van der Waals surface area contributed by atoms with Crippen LogP contribution in [0.5, 0.6) is 0 Å². The van der Waals surface area contributed by atoms with Gasteiger partial charge in [0.25, 0.3) is 0 Å². The summed E-state index contributed by atoms with van der Waals surface area (Å²) in [5.74, 6) is 0.578. The number of carbonyl (C=O) groups is 2. The number of hydrogen-bond acceptors (Lipinski definition) is 6. The van der Waals surface area contributed by atoms with Gasteiger partial charge in [-0.25, -0.2) is 14.6 Å². The van der Waals surface area contributed by atoms with Crippen LogP contribution in [0.4, 0.5) is 15.3 Å². The molecule has 1 aromatic carbocycles. The van der Waals surface area contributed by atoms with Crippen molar-refractivity contribution in [2.45, 2.75) is 59.0 Å².